The summed E-state index contributed by atoms with van der Waals surface area (Å²) in [6.45, 7) is 2.04. The van der Waals surface area contributed by atoms with Crippen molar-refractivity contribution in [3.05, 3.63) is 29.6 Å². The van der Waals surface area contributed by atoms with E-state index in [2.05, 4.69) is 4.90 Å². The van der Waals surface area contributed by atoms with Gasteiger partial charge in [-0.2, -0.15) is 0 Å². The minimum Gasteiger partial charge on any atom is -0.505 e. The minimum atomic E-state index is -0.562. The Morgan fingerprint density at radius 3 is 3.06 bits per heavy atom. The summed E-state index contributed by atoms with van der Waals surface area (Å²) in [5, 5.41) is 9.56. The summed E-state index contributed by atoms with van der Waals surface area (Å²) in [5.74, 6) is -0.804. The number of halogens is 1. The van der Waals surface area contributed by atoms with Gasteiger partial charge in [-0.05, 0) is 19.5 Å². The Hall–Kier alpha value is -1.13. The lowest BCUT2D eigenvalue weighted by molar-refractivity contribution is 0.155. The standard InChI is InChI=1S/C12H16FNO2/c1-14(10-5-6-16-8-10)7-9-3-2-4-11(13)12(9)15/h2-4,10,15H,5-8H2,1H3. The molecule has 0 radical (unpaired) electrons. The third-order valence-corrected chi connectivity index (χ3v) is 3.02. The molecule has 1 fully saturated rings. The SMILES string of the molecule is CN(Cc1cccc(F)c1O)C1CCOC1. The Morgan fingerprint density at radius 2 is 2.38 bits per heavy atom. The van der Waals surface area contributed by atoms with Gasteiger partial charge >= 0.3 is 0 Å². The molecule has 1 atom stereocenters. The maximum Gasteiger partial charge on any atom is 0.165 e. The molecule has 1 aromatic carbocycles. The van der Waals surface area contributed by atoms with Crippen molar-refractivity contribution in [3.8, 4) is 5.75 Å². The van der Waals surface area contributed by atoms with Crippen LogP contribution in [0.4, 0.5) is 4.39 Å². The summed E-state index contributed by atoms with van der Waals surface area (Å²) >= 11 is 0. The van der Waals surface area contributed by atoms with Crippen LogP contribution in [0.2, 0.25) is 0 Å². The molecule has 88 valence electrons. The quantitative estimate of drug-likeness (QED) is 0.850. The molecule has 1 aliphatic rings. The lowest BCUT2D eigenvalue weighted by atomic mass is 10.1. The van der Waals surface area contributed by atoms with Gasteiger partial charge in [0.15, 0.2) is 11.6 Å². The number of rotatable bonds is 3. The number of phenols is 1. The van der Waals surface area contributed by atoms with Crippen molar-refractivity contribution in [2.24, 2.45) is 0 Å². The second kappa shape index (κ2) is 4.80. The molecule has 1 N–H and O–H groups in total. The lowest BCUT2D eigenvalue weighted by Crippen LogP contribution is -2.31. The van der Waals surface area contributed by atoms with Gasteiger partial charge in [-0.1, -0.05) is 12.1 Å². The number of hydrogen-bond acceptors (Lipinski definition) is 3. The Morgan fingerprint density at radius 1 is 1.56 bits per heavy atom. The third kappa shape index (κ3) is 2.33. The van der Waals surface area contributed by atoms with Crippen molar-refractivity contribution in [3.63, 3.8) is 0 Å². The van der Waals surface area contributed by atoms with E-state index in [1.54, 1.807) is 12.1 Å². The summed E-state index contributed by atoms with van der Waals surface area (Å²) in [6, 6.07) is 4.98. The molecule has 0 aromatic heterocycles. The van der Waals surface area contributed by atoms with Crippen molar-refractivity contribution in [1.29, 1.82) is 0 Å². The first kappa shape index (κ1) is 11.4. The molecular formula is C12H16FNO2. The molecule has 1 unspecified atom stereocenters. The second-order valence-corrected chi connectivity index (χ2v) is 4.18. The highest BCUT2D eigenvalue weighted by molar-refractivity contribution is 5.33. The molecule has 1 aliphatic heterocycles. The molecule has 0 amide bonds. The predicted molar refractivity (Wildman–Crippen MR) is 58.8 cm³/mol. The molecule has 1 saturated heterocycles. The van der Waals surface area contributed by atoms with Crippen LogP contribution in [0.1, 0.15) is 12.0 Å². The zero-order valence-corrected chi connectivity index (χ0v) is 9.32. The van der Waals surface area contributed by atoms with E-state index >= 15 is 0 Å². The molecule has 2 rings (SSSR count). The number of phenolic OH excluding ortho intramolecular Hbond substituents is 1. The smallest absolute Gasteiger partial charge is 0.165 e. The summed E-state index contributed by atoms with van der Waals surface area (Å²) in [5.41, 5.74) is 0.620. The normalized spacial score (nSPS) is 20.6. The van der Waals surface area contributed by atoms with E-state index in [0.717, 1.165) is 13.0 Å². The molecule has 0 saturated carbocycles. The number of para-hydroxylation sites is 1. The van der Waals surface area contributed by atoms with Gasteiger partial charge in [-0.25, -0.2) is 4.39 Å². The van der Waals surface area contributed by atoms with Gasteiger partial charge in [-0.3, -0.25) is 4.90 Å². The van der Waals surface area contributed by atoms with E-state index in [-0.39, 0.29) is 5.75 Å². The average Bonchev–Trinajstić information content (AvgIpc) is 2.78. The van der Waals surface area contributed by atoms with Gasteiger partial charge in [0.1, 0.15) is 0 Å². The first-order chi connectivity index (χ1) is 7.68. The third-order valence-electron chi connectivity index (χ3n) is 3.02. The van der Waals surface area contributed by atoms with E-state index in [1.807, 2.05) is 7.05 Å². The molecule has 3 nitrogen and oxygen atoms in total. The Balaban J connectivity index is 2.05. The summed E-state index contributed by atoms with van der Waals surface area (Å²) in [7, 11) is 1.96. The topological polar surface area (TPSA) is 32.7 Å². The highest BCUT2D eigenvalue weighted by Crippen LogP contribution is 2.23. The van der Waals surface area contributed by atoms with Crippen molar-refractivity contribution in [2.45, 2.75) is 19.0 Å². The maximum atomic E-state index is 13.1. The molecule has 1 heterocycles. The summed E-state index contributed by atoms with van der Waals surface area (Å²) in [6.07, 6.45) is 0.993. The maximum absolute atomic E-state index is 13.1. The van der Waals surface area contributed by atoms with E-state index in [9.17, 15) is 9.50 Å². The highest BCUT2D eigenvalue weighted by atomic mass is 19.1. The van der Waals surface area contributed by atoms with Crippen LogP contribution in [-0.4, -0.2) is 36.3 Å². The molecule has 4 heteroatoms. The Kier molecular flexibility index (Phi) is 3.41. The Labute approximate surface area is 94.4 Å². The van der Waals surface area contributed by atoms with Crippen molar-refractivity contribution < 1.29 is 14.2 Å². The molecule has 0 aliphatic carbocycles. The highest BCUT2D eigenvalue weighted by Gasteiger charge is 2.21. The van der Waals surface area contributed by atoms with E-state index in [0.29, 0.717) is 24.8 Å². The van der Waals surface area contributed by atoms with Gasteiger partial charge in [0.05, 0.1) is 6.61 Å². The van der Waals surface area contributed by atoms with Gasteiger partial charge in [0.2, 0.25) is 0 Å². The van der Waals surface area contributed by atoms with Crippen LogP contribution in [0.25, 0.3) is 0 Å². The largest absolute Gasteiger partial charge is 0.505 e. The van der Waals surface area contributed by atoms with Gasteiger partial charge in [0.25, 0.3) is 0 Å². The zero-order valence-electron chi connectivity index (χ0n) is 9.32. The second-order valence-electron chi connectivity index (χ2n) is 4.18. The number of benzene rings is 1. The van der Waals surface area contributed by atoms with Crippen LogP contribution >= 0.6 is 0 Å². The minimum absolute atomic E-state index is 0.242. The summed E-state index contributed by atoms with van der Waals surface area (Å²) in [4.78, 5) is 2.08. The number of aromatic hydroxyl groups is 1. The van der Waals surface area contributed by atoms with E-state index < -0.39 is 5.82 Å². The number of likely N-dealkylation sites (N-methyl/N-ethyl adjacent to an activating group) is 1. The van der Waals surface area contributed by atoms with Gasteiger partial charge in [0, 0.05) is 24.8 Å². The molecule has 1 aromatic rings. The van der Waals surface area contributed by atoms with E-state index in [1.165, 1.54) is 6.07 Å². The van der Waals surface area contributed by atoms with Crippen LogP contribution in [0.3, 0.4) is 0 Å². The van der Waals surface area contributed by atoms with Gasteiger partial charge in [-0.15, -0.1) is 0 Å². The fourth-order valence-corrected chi connectivity index (χ4v) is 1.96. The van der Waals surface area contributed by atoms with Gasteiger partial charge < -0.3 is 9.84 Å². The van der Waals surface area contributed by atoms with Crippen molar-refractivity contribution in [2.75, 3.05) is 20.3 Å². The Bertz CT molecular complexity index is 364. The fraction of sp³-hybridized carbons (Fsp3) is 0.500. The zero-order chi connectivity index (χ0) is 11.5. The van der Waals surface area contributed by atoms with Crippen LogP contribution in [0, 0.1) is 5.82 Å². The summed E-state index contributed by atoms with van der Waals surface area (Å²) < 4.78 is 18.4. The lowest BCUT2D eigenvalue weighted by Gasteiger charge is -2.23. The molecule has 16 heavy (non-hydrogen) atoms. The number of hydrogen-bond donors (Lipinski definition) is 1. The van der Waals surface area contributed by atoms with Crippen LogP contribution in [-0.2, 0) is 11.3 Å². The van der Waals surface area contributed by atoms with Crippen LogP contribution in [0.15, 0.2) is 18.2 Å². The number of ether oxygens (including phenoxy) is 1. The number of nitrogens with zero attached hydrogens (tertiary/aromatic N) is 1. The van der Waals surface area contributed by atoms with Crippen LogP contribution in [0.5, 0.6) is 5.75 Å². The van der Waals surface area contributed by atoms with Crippen molar-refractivity contribution in [1.82, 2.24) is 4.90 Å². The first-order valence-corrected chi connectivity index (χ1v) is 5.43. The predicted octanol–water partition coefficient (Wildman–Crippen LogP) is 1.75. The first-order valence-electron chi connectivity index (χ1n) is 5.43. The van der Waals surface area contributed by atoms with Crippen LogP contribution < -0.4 is 0 Å². The monoisotopic (exact) mass is 225 g/mol. The molecule has 0 spiro atoms. The van der Waals surface area contributed by atoms with Crippen molar-refractivity contribution >= 4 is 0 Å². The average molecular weight is 225 g/mol. The fourth-order valence-electron chi connectivity index (χ4n) is 1.96. The molecular weight excluding hydrogens is 209 g/mol. The molecule has 0 bridgehead atoms. The van der Waals surface area contributed by atoms with E-state index in [4.69, 9.17) is 4.74 Å².